The zero-order valence-corrected chi connectivity index (χ0v) is 44.6. The Kier molecular flexibility index (Phi) is 53.4. The summed E-state index contributed by atoms with van der Waals surface area (Å²) >= 11 is 0. The molecule has 6 nitrogen and oxygen atoms in total. The number of carbonyl (C=O) groups is 3. The van der Waals surface area contributed by atoms with Gasteiger partial charge in [-0.3, -0.25) is 14.4 Å². The van der Waals surface area contributed by atoms with E-state index < -0.39 is 6.10 Å². The number of rotatable bonds is 51. The van der Waals surface area contributed by atoms with Gasteiger partial charge >= 0.3 is 17.9 Å². The van der Waals surface area contributed by atoms with Gasteiger partial charge < -0.3 is 14.2 Å². The third kappa shape index (κ3) is 53.5. The maximum Gasteiger partial charge on any atom is 0.306 e. The van der Waals surface area contributed by atoms with Crippen molar-refractivity contribution in [1.29, 1.82) is 0 Å². The molecule has 0 fully saturated rings. The van der Waals surface area contributed by atoms with Crippen molar-refractivity contribution >= 4 is 17.9 Å². The number of esters is 3. The molecule has 68 heavy (non-hydrogen) atoms. The molecule has 0 aromatic rings. The van der Waals surface area contributed by atoms with Gasteiger partial charge in [0.15, 0.2) is 6.10 Å². The molecule has 0 heterocycles. The zero-order chi connectivity index (χ0) is 49.3. The molecule has 0 unspecified atom stereocenters. The molecule has 0 rings (SSSR count). The van der Waals surface area contributed by atoms with Crippen LogP contribution in [0.5, 0.6) is 0 Å². The number of ether oxygens (including phenoxy) is 3. The highest BCUT2D eigenvalue weighted by Gasteiger charge is 2.19. The summed E-state index contributed by atoms with van der Waals surface area (Å²) in [6.45, 7) is 6.46. The molecule has 0 aliphatic heterocycles. The summed E-state index contributed by atoms with van der Waals surface area (Å²) in [5.41, 5.74) is 0. The van der Waals surface area contributed by atoms with Gasteiger partial charge in [0.05, 0.1) is 0 Å². The lowest BCUT2D eigenvalue weighted by Gasteiger charge is -2.18. The van der Waals surface area contributed by atoms with Gasteiger partial charge in [0, 0.05) is 19.3 Å². The van der Waals surface area contributed by atoms with Gasteiger partial charge in [0.25, 0.3) is 0 Å². The van der Waals surface area contributed by atoms with E-state index in [1.54, 1.807) is 0 Å². The van der Waals surface area contributed by atoms with Crippen molar-refractivity contribution in [2.45, 2.75) is 277 Å². The van der Waals surface area contributed by atoms with Crippen molar-refractivity contribution in [2.75, 3.05) is 13.2 Å². The Bertz CT molecular complexity index is 1320. The van der Waals surface area contributed by atoms with E-state index >= 15 is 0 Å². The van der Waals surface area contributed by atoms with Crippen LogP contribution in [0.4, 0.5) is 0 Å². The van der Waals surface area contributed by atoms with E-state index in [0.29, 0.717) is 19.3 Å². The third-order valence-corrected chi connectivity index (χ3v) is 12.1. The summed E-state index contributed by atoms with van der Waals surface area (Å²) in [6, 6.07) is 0. The highest BCUT2D eigenvalue weighted by atomic mass is 16.6. The molecule has 0 spiro atoms. The van der Waals surface area contributed by atoms with Crippen LogP contribution >= 0.6 is 0 Å². The minimum absolute atomic E-state index is 0.102. The molecule has 0 saturated heterocycles. The molecular weight excluding hydrogens is 841 g/mol. The van der Waals surface area contributed by atoms with E-state index in [-0.39, 0.29) is 37.5 Å². The van der Waals surface area contributed by atoms with Gasteiger partial charge in [0.1, 0.15) is 13.2 Å². The molecular formula is C62H106O6. The number of hydrogen-bond donors (Lipinski definition) is 0. The Morgan fingerprint density at radius 2 is 0.588 bits per heavy atom. The number of unbranched alkanes of at least 4 members (excludes halogenated alkanes) is 26. The van der Waals surface area contributed by atoms with Crippen LogP contribution in [0.15, 0.2) is 85.1 Å². The van der Waals surface area contributed by atoms with Crippen molar-refractivity contribution in [3.63, 3.8) is 0 Å². The van der Waals surface area contributed by atoms with Crippen LogP contribution in [0.25, 0.3) is 0 Å². The third-order valence-electron chi connectivity index (χ3n) is 12.1. The second-order valence-electron chi connectivity index (χ2n) is 18.8. The minimum Gasteiger partial charge on any atom is -0.462 e. The summed E-state index contributed by atoms with van der Waals surface area (Å²) in [6.07, 6.45) is 72.9. The van der Waals surface area contributed by atoms with E-state index in [9.17, 15) is 14.4 Å². The van der Waals surface area contributed by atoms with Gasteiger partial charge in [0.2, 0.25) is 0 Å². The first-order chi connectivity index (χ1) is 33.5. The average Bonchev–Trinajstić information content (AvgIpc) is 3.34. The van der Waals surface area contributed by atoms with Gasteiger partial charge in [-0.15, -0.1) is 0 Å². The number of carbonyl (C=O) groups excluding carboxylic acids is 3. The first-order valence-corrected chi connectivity index (χ1v) is 28.6. The van der Waals surface area contributed by atoms with E-state index in [2.05, 4.69) is 106 Å². The summed E-state index contributed by atoms with van der Waals surface area (Å²) in [5, 5.41) is 0. The predicted octanol–water partition coefficient (Wildman–Crippen LogP) is 19.2. The molecule has 0 saturated carbocycles. The molecule has 6 heteroatoms. The molecule has 0 radical (unpaired) electrons. The summed E-state index contributed by atoms with van der Waals surface area (Å²) < 4.78 is 16.8. The Labute approximate surface area is 420 Å². The smallest absolute Gasteiger partial charge is 0.306 e. The Morgan fingerprint density at radius 3 is 0.971 bits per heavy atom. The molecule has 1 atom stereocenters. The molecule has 0 N–H and O–H groups in total. The fourth-order valence-corrected chi connectivity index (χ4v) is 7.86. The lowest BCUT2D eigenvalue weighted by Crippen LogP contribution is -2.30. The van der Waals surface area contributed by atoms with Crippen LogP contribution in [0, 0.1) is 0 Å². The van der Waals surface area contributed by atoms with Crippen LogP contribution in [-0.4, -0.2) is 37.2 Å². The van der Waals surface area contributed by atoms with Gasteiger partial charge in [-0.05, 0) is 89.9 Å². The Balaban J connectivity index is 4.47. The number of allylic oxidation sites excluding steroid dienone is 14. The highest BCUT2D eigenvalue weighted by molar-refractivity contribution is 5.71. The maximum atomic E-state index is 12.8. The molecule has 390 valence electrons. The zero-order valence-electron chi connectivity index (χ0n) is 44.6. The van der Waals surface area contributed by atoms with Crippen molar-refractivity contribution in [3.05, 3.63) is 85.1 Å². The Morgan fingerprint density at radius 1 is 0.309 bits per heavy atom. The van der Waals surface area contributed by atoms with E-state index in [1.165, 1.54) is 122 Å². The number of hydrogen-bond acceptors (Lipinski definition) is 6. The van der Waals surface area contributed by atoms with Gasteiger partial charge in [-0.1, -0.05) is 247 Å². The lowest BCUT2D eigenvalue weighted by molar-refractivity contribution is -0.167. The SMILES string of the molecule is CC/C=C\C/C=C\C/C=C\C/C=C\C/C=C\CCCC(=O)O[C@H](COC(=O)CCCCCCC/C=C\C/C=C\CCCCC)COC(=O)CCCCCCCCCCCCCCCCCCCC. The van der Waals surface area contributed by atoms with Crippen LogP contribution in [-0.2, 0) is 28.6 Å². The molecule has 0 bridgehead atoms. The maximum absolute atomic E-state index is 12.8. The minimum atomic E-state index is -0.811. The summed E-state index contributed by atoms with van der Waals surface area (Å²) in [7, 11) is 0. The fraction of sp³-hybridized carbons (Fsp3) is 0.726. The van der Waals surface area contributed by atoms with Crippen molar-refractivity contribution in [1.82, 2.24) is 0 Å². The van der Waals surface area contributed by atoms with Crippen LogP contribution in [0.1, 0.15) is 271 Å². The molecule has 0 aliphatic carbocycles. The normalized spacial score (nSPS) is 12.7. The van der Waals surface area contributed by atoms with Crippen molar-refractivity contribution in [2.24, 2.45) is 0 Å². The van der Waals surface area contributed by atoms with Crippen LogP contribution < -0.4 is 0 Å². The summed E-state index contributed by atoms with van der Waals surface area (Å²) in [5.74, 6) is -0.968. The molecule has 0 amide bonds. The first-order valence-electron chi connectivity index (χ1n) is 28.6. The highest BCUT2D eigenvalue weighted by Crippen LogP contribution is 2.16. The fourth-order valence-electron chi connectivity index (χ4n) is 7.86. The average molecular weight is 948 g/mol. The van der Waals surface area contributed by atoms with E-state index in [4.69, 9.17) is 14.2 Å². The van der Waals surface area contributed by atoms with E-state index in [0.717, 1.165) is 103 Å². The largest absolute Gasteiger partial charge is 0.462 e. The van der Waals surface area contributed by atoms with Crippen LogP contribution in [0.2, 0.25) is 0 Å². The lowest BCUT2D eigenvalue weighted by atomic mass is 10.0. The monoisotopic (exact) mass is 947 g/mol. The molecule has 0 aliphatic rings. The standard InChI is InChI=1S/C62H106O6/c1-4-7-10-13-16-19-22-25-28-30-32-34-37-40-43-46-49-52-55-61(64)67-58-59(57-66-60(63)54-51-48-45-42-39-36-33-27-24-21-18-15-12-9-6-3)68-62(65)56-53-50-47-44-41-38-35-31-29-26-23-20-17-14-11-8-5-2/h8,11,17-18,20-21,26-27,29,33,35,38,44,47,59H,4-7,9-10,12-16,19,22-25,28,30-32,34,36-37,39-43,45-46,48-58H2,1-3H3/b11-8-,20-17-,21-18-,29-26-,33-27-,38-35-,47-44-/t59-/m1/s1. The second kappa shape index (κ2) is 56.2. The summed E-state index contributed by atoms with van der Waals surface area (Å²) in [4.78, 5) is 38.1. The topological polar surface area (TPSA) is 78.9 Å². The second-order valence-corrected chi connectivity index (χ2v) is 18.8. The van der Waals surface area contributed by atoms with Gasteiger partial charge in [-0.25, -0.2) is 0 Å². The predicted molar refractivity (Wildman–Crippen MR) is 293 cm³/mol. The van der Waals surface area contributed by atoms with Crippen molar-refractivity contribution < 1.29 is 28.6 Å². The Hall–Kier alpha value is -3.41. The van der Waals surface area contributed by atoms with Crippen molar-refractivity contribution in [3.8, 4) is 0 Å². The first kappa shape index (κ1) is 64.6. The van der Waals surface area contributed by atoms with Crippen LogP contribution in [0.3, 0.4) is 0 Å². The quantitative estimate of drug-likeness (QED) is 0.0262. The van der Waals surface area contributed by atoms with E-state index in [1.807, 2.05) is 0 Å². The molecule has 0 aromatic heterocycles. The van der Waals surface area contributed by atoms with Gasteiger partial charge in [-0.2, -0.15) is 0 Å². The molecule has 0 aromatic carbocycles.